The van der Waals surface area contributed by atoms with Crippen molar-refractivity contribution in [2.45, 2.75) is 52.2 Å². The second-order valence-corrected chi connectivity index (χ2v) is 6.16. The van der Waals surface area contributed by atoms with Crippen LogP contribution in [0, 0.1) is 5.92 Å². The smallest absolute Gasteiger partial charge is 0.0543 e. The van der Waals surface area contributed by atoms with Crippen LogP contribution in [0.3, 0.4) is 0 Å². The van der Waals surface area contributed by atoms with Gasteiger partial charge in [-0.05, 0) is 63.3 Å². The van der Waals surface area contributed by atoms with E-state index in [0.29, 0.717) is 5.92 Å². The fourth-order valence-electron chi connectivity index (χ4n) is 3.28. The molecule has 0 saturated heterocycles. The van der Waals surface area contributed by atoms with Gasteiger partial charge < -0.3 is 15.3 Å². The van der Waals surface area contributed by atoms with Gasteiger partial charge in [0.05, 0.1) is 6.10 Å². The molecule has 3 nitrogen and oxygen atoms in total. The Balaban J connectivity index is 1.75. The predicted molar refractivity (Wildman–Crippen MR) is 89.7 cm³/mol. The highest BCUT2D eigenvalue weighted by atomic mass is 16.3. The number of nitrogens with zero attached hydrogens (tertiary/aromatic N) is 1. The lowest BCUT2D eigenvalue weighted by molar-refractivity contribution is 0.101. The monoisotopic (exact) mass is 290 g/mol. The van der Waals surface area contributed by atoms with Gasteiger partial charge in [0.15, 0.2) is 0 Å². The van der Waals surface area contributed by atoms with Crippen molar-refractivity contribution in [3.8, 4) is 0 Å². The summed E-state index contributed by atoms with van der Waals surface area (Å²) in [5.74, 6) is 0.642. The summed E-state index contributed by atoms with van der Waals surface area (Å²) in [7, 11) is 0. The van der Waals surface area contributed by atoms with Crippen LogP contribution in [-0.4, -0.2) is 30.8 Å². The van der Waals surface area contributed by atoms with Crippen LogP contribution in [0.5, 0.6) is 0 Å². The Labute approximate surface area is 129 Å². The van der Waals surface area contributed by atoms with Crippen molar-refractivity contribution in [2.24, 2.45) is 5.92 Å². The van der Waals surface area contributed by atoms with Crippen molar-refractivity contribution in [3.63, 3.8) is 0 Å². The van der Waals surface area contributed by atoms with Crippen molar-refractivity contribution >= 4 is 5.69 Å². The molecule has 0 amide bonds. The minimum Gasteiger partial charge on any atom is -0.393 e. The van der Waals surface area contributed by atoms with Gasteiger partial charge in [0.25, 0.3) is 0 Å². The second-order valence-electron chi connectivity index (χ2n) is 6.16. The SMILES string of the molecule is CCN(CC)c1ccc(CNCC2CCCC(O)C2)cc1. The third kappa shape index (κ3) is 5.01. The number of hydrogen-bond acceptors (Lipinski definition) is 3. The van der Waals surface area contributed by atoms with Crippen LogP contribution < -0.4 is 10.2 Å². The first kappa shape index (κ1) is 16.3. The zero-order valence-corrected chi connectivity index (χ0v) is 13.5. The maximum absolute atomic E-state index is 9.69. The minimum absolute atomic E-state index is 0.0705. The summed E-state index contributed by atoms with van der Waals surface area (Å²) in [5.41, 5.74) is 2.64. The number of aliphatic hydroxyl groups excluding tert-OH is 1. The molecule has 2 atom stereocenters. The fourth-order valence-corrected chi connectivity index (χ4v) is 3.28. The lowest BCUT2D eigenvalue weighted by Crippen LogP contribution is -2.28. The number of aliphatic hydroxyl groups is 1. The fraction of sp³-hybridized carbons (Fsp3) is 0.667. The topological polar surface area (TPSA) is 35.5 Å². The van der Waals surface area contributed by atoms with Crippen molar-refractivity contribution in [1.29, 1.82) is 0 Å². The lowest BCUT2D eigenvalue weighted by atomic mass is 9.87. The minimum atomic E-state index is -0.0705. The first-order valence-corrected chi connectivity index (χ1v) is 8.45. The van der Waals surface area contributed by atoms with Gasteiger partial charge in [-0.2, -0.15) is 0 Å². The number of anilines is 1. The molecule has 0 heterocycles. The van der Waals surface area contributed by atoms with Gasteiger partial charge in [-0.1, -0.05) is 18.6 Å². The van der Waals surface area contributed by atoms with Gasteiger partial charge >= 0.3 is 0 Å². The molecule has 1 fully saturated rings. The Hall–Kier alpha value is -1.06. The van der Waals surface area contributed by atoms with Crippen LogP contribution in [0.15, 0.2) is 24.3 Å². The summed E-state index contributed by atoms with van der Waals surface area (Å²) in [4.78, 5) is 2.36. The van der Waals surface area contributed by atoms with E-state index in [9.17, 15) is 5.11 Å². The van der Waals surface area contributed by atoms with Gasteiger partial charge in [-0.25, -0.2) is 0 Å². The molecular weight excluding hydrogens is 260 g/mol. The number of nitrogens with one attached hydrogen (secondary N) is 1. The highest BCUT2D eigenvalue weighted by Gasteiger charge is 2.19. The molecule has 0 aliphatic heterocycles. The third-order valence-electron chi connectivity index (χ3n) is 4.58. The van der Waals surface area contributed by atoms with Gasteiger partial charge in [0, 0.05) is 25.3 Å². The van der Waals surface area contributed by atoms with Crippen LogP contribution in [0.25, 0.3) is 0 Å². The van der Waals surface area contributed by atoms with E-state index < -0.39 is 0 Å². The van der Waals surface area contributed by atoms with Crippen molar-refractivity contribution < 1.29 is 5.11 Å². The third-order valence-corrected chi connectivity index (χ3v) is 4.58. The van der Waals surface area contributed by atoms with E-state index in [-0.39, 0.29) is 6.10 Å². The van der Waals surface area contributed by atoms with E-state index in [1.807, 2.05) is 0 Å². The molecule has 1 aliphatic carbocycles. The summed E-state index contributed by atoms with van der Waals surface area (Å²) < 4.78 is 0. The maximum Gasteiger partial charge on any atom is 0.0543 e. The van der Waals surface area contributed by atoms with Crippen LogP contribution >= 0.6 is 0 Å². The summed E-state index contributed by atoms with van der Waals surface area (Å²) in [6.45, 7) is 8.44. The summed E-state index contributed by atoms with van der Waals surface area (Å²) in [6.07, 6.45) is 4.31. The molecule has 1 saturated carbocycles. The molecule has 1 aromatic rings. The summed E-state index contributed by atoms with van der Waals surface area (Å²) >= 11 is 0. The van der Waals surface area contributed by atoms with Crippen LogP contribution in [0.2, 0.25) is 0 Å². The summed E-state index contributed by atoms with van der Waals surface area (Å²) in [6, 6.07) is 8.87. The molecular formula is C18H30N2O. The van der Waals surface area contributed by atoms with Crippen LogP contribution in [0.4, 0.5) is 5.69 Å². The maximum atomic E-state index is 9.69. The number of rotatable bonds is 7. The van der Waals surface area contributed by atoms with E-state index in [2.05, 4.69) is 48.3 Å². The van der Waals surface area contributed by atoms with E-state index in [4.69, 9.17) is 0 Å². The second kappa shape index (κ2) is 8.40. The Kier molecular flexibility index (Phi) is 6.52. The molecule has 2 rings (SSSR count). The predicted octanol–water partition coefficient (Wildman–Crippen LogP) is 3.17. The first-order chi connectivity index (χ1) is 10.2. The number of benzene rings is 1. The Morgan fingerprint density at radius 3 is 2.48 bits per heavy atom. The Morgan fingerprint density at radius 2 is 1.86 bits per heavy atom. The van der Waals surface area contributed by atoms with Crippen molar-refractivity contribution in [1.82, 2.24) is 5.32 Å². The van der Waals surface area contributed by atoms with E-state index in [1.54, 1.807) is 0 Å². The molecule has 0 aromatic heterocycles. The van der Waals surface area contributed by atoms with Gasteiger partial charge in [0.1, 0.15) is 0 Å². The number of hydrogen-bond donors (Lipinski definition) is 2. The van der Waals surface area contributed by atoms with Crippen molar-refractivity contribution in [2.75, 3.05) is 24.5 Å². The Bertz CT molecular complexity index is 400. The van der Waals surface area contributed by atoms with Gasteiger partial charge in [-0.3, -0.25) is 0 Å². The summed E-state index contributed by atoms with van der Waals surface area (Å²) in [5, 5.41) is 13.2. The van der Waals surface area contributed by atoms with E-state index in [1.165, 1.54) is 24.1 Å². The molecule has 3 heteroatoms. The standard InChI is InChI=1S/C18H30N2O/c1-3-20(4-2)17-10-8-15(9-11-17)13-19-14-16-6-5-7-18(21)12-16/h8-11,16,18-19,21H,3-7,12-14H2,1-2H3. The van der Waals surface area contributed by atoms with Crippen molar-refractivity contribution in [3.05, 3.63) is 29.8 Å². The van der Waals surface area contributed by atoms with Crippen LogP contribution in [0.1, 0.15) is 45.1 Å². The molecule has 0 bridgehead atoms. The lowest BCUT2D eigenvalue weighted by Gasteiger charge is -2.26. The van der Waals surface area contributed by atoms with E-state index >= 15 is 0 Å². The highest BCUT2D eigenvalue weighted by Crippen LogP contribution is 2.23. The quantitative estimate of drug-likeness (QED) is 0.809. The molecule has 21 heavy (non-hydrogen) atoms. The average Bonchev–Trinajstić information content (AvgIpc) is 2.50. The molecule has 1 aliphatic rings. The largest absolute Gasteiger partial charge is 0.393 e. The van der Waals surface area contributed by atoms with Crippen LogP contribution in [-0.2, 0) is 6.54 Å². The first-order valence-electron chi connectivity index (χ1n) is 8.45. The normalized spacial score (nSPS) is 22.2. The van der Waals surface area contributed by atoms with E-state index in [0.717, 1.165) is 39.0 Å². The zero-order valence-electron chi connectivity index (χ0n) is 13.5. The highest BCUT2D eigenvalue weighted by molar-refractivity contribution is 5.47. The molecule has 2 N–H and O–H groups in total. The average molecular weight is 290 g/mol. The van der Waals surface area contributed by atoms with Gasteiger partial charge in [0.2, 0.25) is 0 Å². The molecule has 0 spiro atoms. The zero-order chi connectivity index (χ0) is 15.1. The Morgan fingerprint density at radius 1 is 1.14 bits per heavy atom. The molecule has 2 unspecified atom stereocenters. The molecule has 118 valence electrons. The molecule has 1 aromatic carbocycles. The molecule has 0 radical (unpaired) electrons. The van der Waals surface area contributed by atoms with Gasteiger partial charge in [-0.15, -0.1) is 0 Å².